The van der Waals surface area contributed by atoms with Crippen molar-refractivity contribution in [3.8, 4) is 0 Å². The van der Waals surface area contributed by atoms with Crippen LogP contribution in [0.5, 0.6) is 0 Å². The molecule has 15 heteroatoms. The van der Waals surface area contributed by atoms with Crippen molar-refractivity contribution < 1.29 is 35.2 Å². The van der Waals surface area contributed by atoms with Crippen LogP contribution < -0.4 is 14.8 Å². The van der Waals surface area contributed by atoms with E-state index in [1.807, 2.05) is 13.8 Å². The van der Waals surface area contributed by atoms with Gasteiger partial charge in [-0.15, -0.1) is 4.40 Å². The molecule has 4 rings (SSSR count). The monoisotopic (exact) mass is 596 g/mol. The van der Waals surface area contributed by atoms with Gasteiger partial charge in [-0.3, -0.25) is 9.52 Å². The van der Waals surface area contributed by atoms with Gasteiger partial charge in [-0.1, -0.05) is 38.1 Å². The molecule has 12 nitrogen and oxygen atoms in total. The number of aliphatic hydroxyl groups excluding tert-OH is 1. The second kappa shape index (κ2) is 9.73. The molecule has 210 valence electrons. The Bertz CT molecular complexity index is 1760. The lowest BCUT2D eigenvalue weighted by molar-refractivity contribution is -0.121. The summed E-state index contributed by atoms with van der Waals surface area (Å²) in [6.45, 7) is 3.81. The molecule has 1 unspecified atom stereocenters. The summed E-state index contributed by atoms with van der Waals surface area (Å²) in [5.74, 6) is -1.85. The van der Waals surface area contributed by atoms with E-state index in [-0.39, 0.29) is 39.7 Å². The number of carbonyl (C=O) groups is 1. The Balaban J connectivity index is 1.92. The molecular formula is C24H28N4O8S3. The van der Waals surface area contributed by atoms with Crippen LogP contribution in [0.2, 0.25) is 0 Å². The summed E-state index contributed by atoms with van der Waals surface area (Å²) in [7, 11) is -12.2. The van der Waals surface area contributed by atoms with Crippen molar-refractivity contribution in [2.45, 2.75) is 37.1 Å². The SMILES string of the molecule is CC(C)CCC1(NS(C)(=O)=O)C(=O)C(C2=NS(=O)(=O)c3cc(NS(C)(=O)=O)ccc3N2)=C(O)c2ccccc21. The third kappa shape index (κ3) is 5.71. The second-order valence-corrected chi connectivity index (χ2v) is 15.0. The Morgan fingerprint density at radius 3 is 2.33 bits per heavy atom. The van der Waals surface area contributed by atoms with Gasteiger partial charge in [0.05, 0.1) is 18.2 Å². The summed E-state index contributed by atoms with van der Waals surface area (Å²) in [6, 6.07) is 9.91. The molecular weight excluding hydrogens is 568 g/mol. The maximum Gasteiger partial charge on any atom is 0.286 e. The van der Waals surface area contributed by atoms with Gasteiger partial charge in [0.15, 0.2) is 11.6 Å². The maximum absolute atomic E-state index is 14.2. The lowest BCUT2D eigenvalue weighted by atomic mass is 9.72. The Hall–Kier alpha value is -3.27. The quantitative estimate of drug-likeness (QED) is 0.354. The van der Waals surface area contributed by atoms with Crippen LogP contribution in [0.1, 0.15) is 37.8 Å². The number of hydrogen-bond acceptors (Lipinski definition) is 9. The molecule has 4 N–H and O–H groups in total. The van der Waals surface area contributed by atoms with E-state index >= 15 is 0 Å². The van der Waals surface area contributed by atoms with E-state index in [1.165, 1.54) is 24.3 Å². The average molecular weight is 597 g/mol. The van der Waals surface area contributed by atoms with Crippen molar-refractivity contribution in [1.29, 1.82) is 0 Å². The molecule has 0 spiro atoms. The van der Waals surface area contributed by atoms with Crippen molar-refractivity contribution in [2.75, 3.05) is 22.6 Å². The standard InChI is InChI=1S/C24H28N4O8S3/c1-14(2)11-12-24(28-38(4,33)34)17-8-6-5-7-16(17)21(29)20(22(24)30)23-25-18-10-9-15(26-37(3,31)32)13-19(18)39(35,36)27-23/h5-10,13-14,26,28-29H,11-12H2,1-4H3,(H,25,27). The van der Waals surface area contributed by atoms with Crippen LogP contribution in [0.15, 0.2) is 57.3 Å². The smallest absolute Gasteiger partial charge is 0.286 e. The van der Waals surface area contributed by atoms with Crippen LogP contribution in [0.25, 0.3) is 5.76 Å². The van der Waals surface area contributed by atoms with Gasteiger partial charge in [0.25, 0.3) is 10.0 Å². The van der Waals surface area contributed by atoms with Crippen molar-refractivity contribution in [3.05, 3.63) is 59.2 Å². The molecule has 1 atom stereocenters. The predicted octanol–water partition coefficient (Wildman–Crippen LogP) is 2.30. The average Bonchev–Trinajstić information content (AvgIpc) is 2.79. The fraction of sp³-hybridized carbons (Fsp3) is 0.333. The minimum Gasteiger partial charge on any atom is -0.506 e. The first kappa shape index (κ1) is 28.7. The molecule has 0 bridgehead atoms. The number of nitrogens with zero attached hydrogens (tertiary/aromatic N) is 1. The molecule has 39 heavy (non-hydrogen) atoms. The van der Waals surface area contributed by atoms with E-state index in [4.69, 9.17) is 0 Å². The van der Waals surface area contributed by atoms with Crippen molar-refractivity contribution in [3.63, 3.8) is 0 Å². The van der Waals surface area contributed by atoms with Crippen LogP contribution in [0, 0.1) is 5.92 Å². The Labute approximate surface area is 227 Å². The van der Waals surface area contributed by atoms with E-state index < -0.39 is 58.6 Å². The number of amidine groups is 1. The number of carbonyl (C=O) groups excluding carboxylic acids is 1. The number of nitrogens with one attached hydrogen (secondary N) is 3. The third-order valence-electron chi connectivity index (χ3n) is 6.21. The van der Waals surface area contributed by atoms with Crippen molar-refractivity contribution in [2.24, 2.45) is 10.3 Å². The summed E-state index contributed by atoms with van der Waals surface area (Å²) < 4.78 is 83.0. The normalized spacial score (nSPS) is 20.6. The van der Waals surface area contributed by atoms with Crippen LogP contribution >= 0.6 is 0 Å². The largest absolute Gasteiger partial charge is 0.506 e. The van der Waals surface area contributed by atoms with E-state index in [0.29, 0.717) is 6.42 Å². The first-order chi connectivity index (χ1) is 17.9. The molecule has 0 saturated carbocycles. The molecule has 2 aromatic carbocycles. The lowest BCUT2D eigenvalue weighted by Gasteiger charge is -2.39. The van der Waals surface area contributed by atoms with Gasteiger partial charge in [-0.05, 0) is 42.5 Å². The van der Waals surface area contributed by atoms with Crippen LogP contribution in [-0.4, -0.2) is 54.5 Å². The lowest BCUT2D eigenvalue weighted by Crippen LogP contribution is -2.55. The van der Waals surface area contributed by atoms with Crippen LogP contribution in [0.3, 0.4) is 0 Å². The van der Waals surface area contributed by atoms with Crippen molar-refractivity contribution >= 4 is 58.8 Å². The summed E-state index contributed by atoms with van der Waals surface area (Å²) in [4.78, 5) is 13.8. The summed E-state index contributed by atoms with van der Waals surface area (Å²) >= 11 is 0. The highest BCUT2D eigenvalue weighted by Crippen LogP contribution is 2.43. The molecule has 0 amide bonds. The van der Waals surface area contributed by atoms with E-state index in [1.54, 1.807) is 12.1 Å². The van der Waals surface area contributed by atoms with E-state index in [9.17, 15) is 35.2 Å². The number of hydrogen-bond donors (Lipinski definition) is 4. The minimum atomic E-state index is -4.49. The predicted molar refractivity (Wildman–Crippen MR) is 148 cm³/mol. The Morgan fingerprint density at radius 1 is 1.05 bits per heavy atom. The zero-order chi connectivity index (χ0) is 29.0. The third-order valence-corrected chi connectivity index (χ3v) is 8.86. The minimum absolute atomic E-state index is 0.0185. The topological polar surface area (TPSA) is 188 Å². The maximum atomic E-state index is 14.2. The van der Waals surface area contributed by atoms with Gasteiger partial charge in [0, 0.05) is 11.3 Å². The molecule has 0 fully saturated rings. The molecule has 1 aliphatic carbocycles. The van der Waals surface area contributed by atoms with Gasteiger partial charge < -0.3 is 10.4 Å². The summed E-state index contributed by atoms with van der Waals surface area (Å²) in [5.41, 5.74) is -2.00. The van der Waals surface area contributed by atoms with Gasteiger partial charge in [-0.25, -0.2) is 16.8 Å². The molecule has 2 aromatic rings. The Morgan fingerprint density at radius 2 is 1.72 bits per heavy atom. The number of sulfonamides is 3. The van der Waals surface area contributed by atoms with Gasteiger partial charge in [-0.2, -0.15) is 13.1 Å². The molecule has 1 aliphatic heterocycles. The first-order valence-corrected chi connectivity index (χ1v) is 17.0. The number of aliphatic hydroxyl groups is 1. The fourth-order valence-corrected chi connectivity index (χ4v) is 7.27. The number of ketones is 1. The molecule has 0 aromatic heterocycles. The molecule has 0 radical (unpaired) electrons. The van der Waals surface area contributed by atoms with Gasteiger partial charge >= 0.3 is 0 Å². The Kier molecular flexibility index (Phi) is 7.17. The highest BCUT2D eigenvalue weighted by molar-refractivity contribution is 7.92. The molecule has 0 saturated heterocycles. The number of fused-ring (bicyclic) bond motifs is 2. The molecule has 1 heterocycles. The zero-order valence-electron chi connectivity index (χ0n) is 21.5. The highest BCUT2D eigenvalue weighted by Gasteiger charge is 2.51. The van der Waals surface area contributed by atoms with E-state index in [2.05, 4.69) is 19.2 Å². The summed E-state index contributed by atoms with van der Waals surface area (Å²) in [5, 5.41) is 14.0. The van der Waals surface area contributed by atoms with Crippen LogP contribution in [0.4, 0.5) is 11.4 Å². The number of rotatable bonds is 8. The summed E-state index contributed by atoms with van der Waals surface area (Å²) in [6.07, 6.45) is 2.28. The fourth-order valence-electron chi connectivity index (χ4n) is 4.63. The number of benzene rings is 2. The highest BCUT2D eigenvalue weighted by atomic mass is 32.2. The van der Waals surface area contributed by atoms with Crippen LogP contribution in [-0.2, 0) is 40.4 Å². The second-order valence-electron chi connectivity index (χ2n) is 9.94. The van der Waals surface area contributed by atoms with E-state index in [0.717, 1.165) is 18.6 Å². The molecule has 2 aliphatic rings. The number of anilines is 2. The number of Topliss-reactive ketones (excluding diaryl/α,β-unsaturated/α-hetero) is 1. The zero-order valence-corrected chi connectivity index (χ0v) is 24.0. The van der Waals surface area contributed by atoms with Gasteiger partial charge in [0.2, 0.25) is 20.0 Å². The van der Waals surface area contributed by atoms with Crippen molar-refractivity contribution in [1.82, 2.24) is 4.72 Å². The first-order valence-electron chi connectivity index (χ1n) is 11.7. The van der Waals surface area contributed by atoms with Gasteiger partial charge in [0.1, 0.15) is 21.8 Å².